The van der Waals surface area contributed by atoms with Gasteiger partial charge in [-0.05, 0) is 30.3 Å². The third-order valence-electron chi connectivity index (χ3n) is 3.15. The van der Waals surface area contributed by atoms with E-state index in [0.717, 1.165) is 0 Å². The highest BCUT2D eigenvalue weighted by Crippen LogP contribution is 2.33. The van der Waals surface area contributed by atoms with Crippen molar-refractivity contribution in [1.82, 2.24) is 0 Å². The van der Waals surface area contributed by atoms with Crippen molar-refractivity contribution in [1.29, 1.82) is 0 Å². The monoisotopic (exact) mass is 452 g/mol. The summed E-state index contributed by atoms with van der Waals surface area (Å²) in [5, 5.41) is 6.79. The van der Waals surface area contributed by atoms with Crippen molar-refractivity contribution in [3.8, 4) is 11.5 Å². The van der Waals surface area contributed by atoms with Crippen LogP contribution in [0.1, 0.15) is 5.56 Å². The van der Waals surface area contributed by atoms with Gasteiger partial charge in [0.2, 0.25) is 0 Å². The van der Waals surface area contributed by atoms with E-state index < -0.39 is 19.1 Å². The zero-order chi connectivity index (χ0) is 20.7. The molecule has 0 aliphatic carbocycles. The molecule has 0 heterocycles. The normalized spacial score (nSPS) is 11.0. The average molecular weight is 454 g/mol. The number of benzene rings is 2. The number of nitrogens with one attached hydrogen (secondary N) is 1. The molecule has 0 aliphatic heterocycles. The molecule has 2 rings (SSSR count). The standard InChI is InChI=1S/C17H13Cl3F2N2O4/c1-26-14-4-9(2-3-13(14)28-17(21)22)7-23-27-8-15(25)24-16-11(19)5-10(18)6-12(16)20/h2-7,17H,8H2,1H3,(H,24,25)/b23-7+. The minimum Gasteiger partial charge on any atom is -0.493 e. The Labute approximate surface area is 173 Å². The van der Waals surface area contributed by atoms with Crippen molar-refractivity contribution >= 4 is 52.6 Å². The number of amides is 1. The predicted molar refractivity (Wildman–Crippen MR) is 103 cm³/mol. The first-order valence-electron chi connectivity index (χ1n) is 7.52. The van der Waals surface area contributed by atoms with E-state index in [4.69, 9.17) is 44.4 Å². The number of carbonyl (C=O) groups excluding carboxylic acids is 1. The summed E-state index contributed by atoms with van der Waals surface area (Å²) in [7, 11) is 1.31. The Balaban J connectivity index is 1.92. The van der Waals surface area contributed by atoms with Crippen LogP contribution in [0.3, 0.4) is 0 Å². The van der Waals surface area contributed by atoms with Gasteiger partial charge in [0.1, 0.15) is 0 Å². The van der Waals surface area contributed by atoms with E-state index in [9.17, 15) is 13.6 Å². The number of ether oxygens (including phenoxy) is 2. The first-order valence-corrected chi connectivity index (χ1v) is 8.66. The lowest BCUT2D eigenvalue weighted by Crippen LogP contribution is -2.17. The molecule has 2 aromatic carbocycles. The van der Waals surface area contributed by atoms with Gasteiger partial charge in [-0.2, -0.15) is 8.78 Å². The highest BCUT2D eigenvalue weighted by atomic mass is 35.5. The first kappa shape index (κ1) is 22.0. The molecule has 0 fully saturated rings. The zero-order valence-corrected chi connectivity index (χ0v) is 16.5. The Morgan fingerprint density at radius 1 is 1.18 bits per heavy atom. The second-order valence-corrected chi connectivity index (χ2v) is 6.34. The number of rotatable bonds is 8. The van der Waals surface area contributed by atoms with Crippen molar-refractivity contribution in [2.75, 3.05) is 19.0 Å². The molecular weight excluding hydrogens is 441 g/mol. The van der Waals surface area contributed by atoms with E-state index in [1.165, 1.54) is 43.7 Å². The molecule has 1 N–H and O–H groups in total. The number of hydrogen-bond acceptors (Lipinski definition) is 5. The lowest BCUT2D eigenvalue weighted by molar-refractivity contribution is -0.120. The Kier molecular flexibility index (Phi) is 8.10. The van der Waals surface area contributed by atoms with E-state index in [1.807, 2.05) is 0 Å². The number of alkyl halides is 2. The molecule has 0 radical (unpaired) electrons. The van der Waals surface area contributed by atoms with Gasteiger partial charge in [-0.15, -0.1) is 0 Å². The van der Waals surface area contributed by atoms with Crippen LogP contribution in [0.4, 0.5) is 14.5 Å². The molecular formula is C17H13Cl3F2N2O4. The van der Waals surface area contributed by atoms with Crippen LogP contribution < -0.4 is 14.8 Å². The number of hydrogen-bond donors (Lipinski definition) is 1. The average Bonchev–Trinajstić information content (AvgIpc) is 2.62. The van der Waals surface area contributed by atoms with Gasteiger partial charge >= 0.3 is 6.61 Å². The van der Waals surface area contributed by atoms with Gasteiger partial charge in [0.15, 0.2) is 18.1 Å². The quantitative estimate of drug-likeness (QED) is 0.438. The molecule has 2 aromatic rings. The molecule has 0 bridgehead atoms. The van der Waals surface area contributed by atoms with Crippen molar-refractivity contribution in [3.63, 3.8) is 0 Å². The summed E-state index contributed by atoms with van der Waals surface area (Å²) in [4.78, 5) is 16.8. The first-order chi connectivity index (χ1) is 13.3. The zero-order valence-electron chi connectivity index (χ0n) is 14.2. The number of anilines is 1. The van der Waals surface area contributed by atoms with Crippen LogP contribution >= 0.6 is 34.8 Å². The van der Waals surface area contributed by atoms with Crippen LogP contribution in [0, 0.1) is 0 Å². The molecule has 0 atom stereocenters. The number of methoxy groups -OCH3 is 1. The molecule has 0 aliphatic rings. The summed E-state index contributed by atoms with van der Waals surface area (Å²) in [5.74, 6) is -0.581. The summed E-state index contributed by atoms with van der Waals surface area (Å²) in [6.07, 6.45) is 1.27. The molecule has 6 nitrogen and oxygen atoms in total. The maximum absolute atomic E-state index is 12.3. The Morgan fingerprint density at radius 3 is 2.46 bits per heavy atom. The SMILES string of the molecule is COc1cc(/C=N/OCC(=O)Nc2c(Cl)cc(Cl)cc2Cl)ccc1OC(F)F. The van der Waals surface area contributed by atoms with Crippen molar-refractivity contribution in [2.24, 2.45) is 5.16 Å². The van der Waals surface area contributed by atoms with Gasteiger partial charge in [-0.1, -0.05) is 40.0 Å². The highest BCUT2D eigenvalue weighted by Gasteiger charge is 2.12. The number of carbonyl (C=O) groups is 1. The fourth-order valence-electron chi connectivity index (χ4n) is 1.99. The molecule has 150 valence electrons. The highest BCUT2D eigenvalue weighted by molar-refractivity contribution is 6.42. The second kappa shape index (κ2) is 10.3. The Morgan fingerprint density at radius 2 is 1.86 bits per heavy atom. The molecule has 28 heavy (non-hydrogen) atoms. The van der Waals surface area contributed by atoms with Crippen LogP contribution in [0.2, 0.25) is 15.1 Å². The second-order valence-electron chi connectivity index (χ2n) is 5.09. The summed E-state index contributed by atoms with van der Waals surface area (Å²) in [6, 6.07) is 7.03. The Hall–Kier alpha value is -2.29. The van der Waals surface area contributed by atoms with Crippen molar-refractivity contribution < 1.29 is 27.9 Å². The summed E-state index contributed by atoms with van der Waals surface area (Å²) < 4.78 is 33.9. The van der Waals surface area contributed by atoms with Crippen LogP contribution in [-0.2, 0) is 9.63 Å². The van der Waals surface area contributed by atoms with E-state index in [2.05, 4.69) is 15.2 Å². The number of oxime groups is 1. The van der Waals surface area contributed by atoms with E-state index in [1.54, 1.807) is 0 Å². The molecule has 1 amide bonds. The minimum atomic E-state index is -2.97. The lowest BCUT2D eigenvalue weighted by atomic mass is 10.2. The van der Waals surface area contributed by atoms with Crippen LogP contribution in [0.5, 0.6) is 11.5 Å². The van der Waals surface area contributed by atoms with Crippen LogP contribution in [0.25, 0.3) is 0 Å². The largest absolute Gasteiger partial charge is 0.493 e. The minimum absolute atomic E-state index is 0.0917. The van der Waals surface area contributed by atoms with Gasteiger partial charge in [-0.25, -0.2) is 0 Å². The number of halogens is 5. The van der Waals surface area contributed by atoms with Crippen LogP contribution in [-0.4, -0.2) is 32.4 Å². The maximum atomic E-state index is 12.3. The van der Waals surface area contributed by atoms with E-state index in [0.29, 0.717) is 10.6 Å². The summed E-state index contributed by atoms with van der Waals surface area (Å²) in [5.41, 5.74) is 0.673. The van der Waals surface area contributed by atoms with Gasteiger partial charge < -0.3 is 19.6 Å². The summed E-state index contributed by atoms with van der Waals surface area (Å²) in [6.45, 7) is -3.40. The maximum Gasteiger partial charge on any atom is 0.387 e. The van der Waals surface area contributed by atoms with Crippen molar-refractivity contribution in [2.45, 2.75) is 6.61 Å². The molecule has 11 heteroatoms. The third-order valence-corrected chi connectivity index (χ3v) is 3.96. The molecule has 0 saturated carbocycles. The van der Waals surface area contributed by atoms with Crippen LogP contribution in [0.15, 0.2) is 35.5 Å². The van der Waals surface area contributed by atoms with Gasteiger partial charge in [-0.3, -0.25) is 4.79 Å². The predicted octanol–water partition coefficient (Wildman–Crippen LogP) is 5.25. The lowest BCUT2D eigenvalue weighted by Gasteiger charge is -2.10. The molecule has 0 spiro atoms. The molecule has 0 aromatic heterocycles. The third kappa shape index (κ3) is 6.40. The topological polar surface area (TPSA) is 69.2 Å². The molecule has 0 unspecified atom stereocenters. The Bertz CT molecular complexity index is 858. The van der Waals surface area contributed by atoms with Gasteiger partial charge in [0.05, 0.1) is 29.1 Å². The summed E-state index contributed by atoms with van der Waals surface area (Å²) >= 11 is 17.7. The number of nitrogens with zero attached hydrogens (tertiary/aromatic N) is 1. The van der Waals surface area contributed by atoms with E-state index >= 15 is 0 Å². The fraction of sp³-hybridized carbons (Fsp3) is 0.176. The van der Waals surface area contributed by atoms with E-state index in [-0.39, 0.29) is 27.2 Å². The van der Waals surface area contributed by atoms with Gasteiger partial charge in [0.25, 0.3) is 5.91 Å². The molecule has 0 saturated heterocycles. The van der Waals surface area contributed by atoms with Gasteiger partial charge in [0, 0.05) is 10.6 Å². The smallest absolute Gasteiger partial charge is 0.387 e. The van der Waals surface area contributed by atoms with Crippen molar-refractivity contribution in [3.05, 3.63) is 51.0 Å². The fourth-order valence-corrected chi connectivity index (χ4v) is 2.90.